The van der Waals surface area contributed by atoms with Crippen molar-refractivity contribution in [2.24, 2.45) is 5.92 Å². The van der Waals surface area contributed by atoms with Crippen molar-refractivity contribution in [3.05, 3.63) is 96.2 Å². The highest BCUT2D eigenvalue weighted by Crippen LogP contribution is 2.42. The summed E-state index contributed by atoms with van der Waals surface area (Å²) >= 11 is 0. The molecule has 4 aromatic rings. The van der Waals surface area contributed by atoms with E-state index in [2.05, 4.69) is 52.3 Å². The number of benzene rings is 1. The largest absolute Gasteiger partial charge is 0.468 e. The molecule has 180 valence electrons. The van der Waals surface area contributed by atoms with E-state index in [0.717, 1.165) is 61.3 Å². The first kappa shape index (κ1) is 22.3. The van der Waals surface area contributed by atoms with E-state index in [9.17, 15) is 0 Å². The smallest absolute Gasteiger partial charge is 0.126 e. The number of nitrogens with zero attached hydrogens (tertiary/aromatic N) is 4. The lowest BCUT2D eigenvalue weighted by atomic mass is 9.74. The van der Waals surface area contributed by atoms with Crippen LogP contribution in [0.1, 0.15) is 41.8 Å². The highest BCUT2D eigenvalue weighted by molar-refractivity contribution is 5.59. The molecule has 3 saturated heterocycles. The van der Waals surface area contributed by atoms with E-state index in [1.807, 2.05) is 25.1 Å². The Morgan fingerprint density at radius 3 is 2.31 bits per heavy atom. The Bertz CT molecular complexity index is 1190. The molecule has 6 heterocycles. The number of furan rings is 2. The molecule has 3 aliphatic heterocycles. The van der Waals surface area contributed by atoms with Crippen LogP contribution < -0.4 is 0 Å². The molecule has 0 spiro atoms. The van der Waals surface area contributed by atoms with Crippen molar-refractivity contribution in [3.63, 3.8) is 0 Å². The first-order chi connectivity index (χ1) is 17.2. The van der Waals surface area contributed by atoms with Gasteiger partial charge in [-0.2, -0.15) is 0 Å². The summed E-state index contributed by atoms with van der Waals surface area (Å²) in [5.41, 5.74) is 3.39. The summed E-state index contributed by atoms with van der Waals surface area (Å²) in [5, 5.41) is 0. The highest BCUT2D eigenvalue weighted by Gasteiger charge is 2.42. The van der Waals surface area contributed by atoms with Gasteiger partial charge in [0, 0.05) is 36.3 Å². The zero-order chi connectivity index (χ0) is 23.6. The second kappa shape index (κ2) is 9.80. The van der Waals surface area contributed by atoms with Gasteiger partial charge in [0.25, 0.3) is 0 Å². The van der Waals surface area contributed by atoms with Gasteiger partial charge >= 0.3 is 0 Å². The highest BCUT2D eigenvalue weighted by atomic mass is 16.3. The Labute approximate surface area is 206 Å². The Balaban J connectivity index is 1.19. The van der Waals surface area contributed by atoms with Crippen molar-refractivity contribution in [1.29, 1.82) is 0 Å². The zero-order valence-corrected chi connectivity index (χ0v) is 20.2. The van der Waals surface area contributed by atoms with Crippen LogP contribution in [0.15, 0.2) is 82.0 Å². The fraction of sp³-hybridized carbons (Fsp3) is 0.379. The third kappa shape index (κ3) is 4.95. The van der Waals surface area contributed by atoms with Crippen LogP contribution in [0.3, 0.4) is 0 Å². The van der Waals surface area contributed by atoms with Crippen LogP contribution in [0.5, 0.6) is 0 Å². The maximum atomic E-state index is 5.67. The van der Waals surface area contributed by atoms with Crippen molar-refractivity contribution in [3.8, 4) is 11.3 Å². The summed E-state index contributed by atoms with van der Waals surface area (Å²) in [7, 11) is 0. The van der Waals surface area contributed by atoms with Gasteiger partial charge in [-0.3, -0.25) is 9.80 Å². The van der Waals surface area contributed by atoms with Crippen LogP contribution in [0.25, 0.3) is 11.3 Å². The molecule has 0 radical (unpaired) electrons. The summed E-state index contributed by atoms with van der Waals surface area (Å²) in [6, 6.07) is 21.2. The van der Waals surface area contributed by atoms with Crippen molar-refractivity contribution in [2.45, 2.75) is 44.8 Å². The quantitative estimate of drug-likeness (QED) is 0.339. The van der Waals surface area contributed by atoms with E-state index in [1.54, 1.807) is 12.5 Å². The molecule has 7 rings (SSSR count). The predicted molar refractivity (Wildman–Crippen MR) is 135 cm³/mol. The number of hydrogen-bond acceptors (Lipinski definition) is 6. The molecular weight excluding hydrogens is 436 g/mol. The number of aryl methyl sites for hydroxylation is 1. The van der Waals surface area contributed by atoms with Crippen molar-refractivity contribution in [2.75, 3.05) is 19.6 Å². The van der Waals surface area contributed by atoms with Crippen LogP contribution in [-0.2, 0) is 13.1 Å². The monoisotopic (exact) mass is 468 g/mol. The fourth-order valence-electron chi connectivity index (χ4n) is 5.93. The molecule has 3 aliphatic rings. The Kier molecular flexibility index (Phi) is 6.23. The summed E-state index contributed by atoms with van der Waals surface area (Å²) in [6.07, 6.45) is 5.94. The van der Waals surface area contributed by atoms with Crippen LogP contribution in [0.2, 0.25) is 0 Å². The number of piperidine rings is 3. The van der Waals surface area contributed by atoms with Gasteiger partial charge in [0.1, 0.15) is 17.3 Å². The topological polar surface area (TPSA) is 58.5 Å². The standard InChI is InChI=1S/C29H32N4O2/c1-21-30-28(22-7-3-2-4-8-22)16-29(31-21)27-20-33-12-11-23(27)15-24(33)17-32(18-25-9-5-13-34-25)19-26-10-6-14-35-26/h2-10,13-14,16,23-24,27H,11-12,15,17-20H2,1H3. The molecule has 0 N–H and O–H groups in total. The number of fused-ring (bicyclic) bond motifs is 3. The van der Waals surface area contributed by atoms with Gasteiger partial charge in [0.05, 0.1) is 31.3 Å². The SMILES string of the molecule is Cc1nc(-c2ccccc2)cc(C2CN3CCC2CC3CN(Cc2ccco2)Cc2ccco2)n1. The lowest BCUT2D eigenvalue weighted by Gasteiger charge is -2.50. The predicted octanol–water partition coefficient (Wildman–Crippen LogP) is 5.52. The van der Waals surface area contributed by atoms with Gasteiger partial charge in [-0.1, -0.05) is 30.3 Å². The summed E-state index contributed by atoms with van der Waals surface area (Å²) < 4.78 is 11.3. The number of rotatable bonds is 8. The molecule has 6 nitrogen and oxygen atoms in total. The van der Waals surface area contributed by atoms with Gasteiger partial charge in [-0.15, -0.1) is 0 Å². The lowest BCUT2D eigenvalue weighted by molar-refractivity contribution is 0.00651. The maximum Gasteiger partial charge on any atom is 0.126 e. The second-order valence-electron chi connectivity index (χ2n) is 9.96. The van der Waals surface area contributed by atoms with Crippen LogP contribution >= 0.6 is 0 Å². The first-order valence-electron chi connectivity index (χ1n) is 12.6. The molecule has 1 aromatic carbocycles. The van der Waals surface area contributed by atoms with E-state index in [1.165, 1.54) is 18.5 Å². The Hall–Kier alpha value is -3.22. The fourth-order valence-corrected chi connectivity index (χ4v) is 5.93. The summed E-state index contributed by atoms with van der Waals surface area (Å²) in [6.45, 7) is 6.82. The Morgan fingerprint density at radius 2 is 1.69 bits per heavy atom. The Morgan fingerprint density at radius 1 is 0.943 bits per heavy atom. The van der Waals surface area contributed by atoms with E-state index < -0.39 is 0 Å². The van der Waals surface area contributed by atoms with Gasteiger partial charge in [-0.25, -0.2) is 9.97 Å². The third-order valence-electron chi connectivity index (χ3n) is 7.57. The molecule has 0 saturated carbocycles. The molecular formula is C29H32N4O2. The average Bonchev–Trinajstić information content (AvgIpc) is 3.59. The zero-order valence-electron chi connectivity index (χ0n) is 20.2. The molecule has 2 bridgehead atoms. The lowest BCUT2D eigenvalue weighted by Crippen LogP contribution is -2.56. The summed E-state index contributed by atoms with van der Waals surface area (Å²) in [5.74, 6) is 3.97. The first-order valence-corrected chi connectivity index (χ1v) is 12.6. The summed E-state index contributed by atoms with van der Waals surface area (Å²) in [4.78, 5) is 14.8. The van der Waals surface area contributed by atoms with E-state index >= 15 is 0 Å². The van der Waals surface area contributed by atoms with E-state index in [4.69, 9.17) is 18.8 Å². The van der Waals surface area contributed by atoms with Crippen LogP contribution in [-0.4, -0.2) is 45.4 Å². The molecule has 0 amide bonds. The van der Waals surface area contributed by atoms with Crippen molar-refractivity contribution in [1.82, 2.24) is 19.8 Å². The van der Waals surface area contributed by atoms with Gasteiger partial charge in [0.2, 0.25) is 0 Å². The molecule has 4 unspecified atom stereocenters. The minimum absolute atomic E-state index is 0.466. The van der Waals surface area contributed by atoms with Crippen molar-refractivity contribution >= 4 is 0 Å². The number of aromatic nitrogens is 2. The third-order valence-corrected chi connectivity index (χ3v) is 7.57. The number of hydrogen-bond donors (Lipinski definition) is 0. The second-order valence-corrected chi connectivity index (χ2v) is 9.96. The molecule has 6 heteroatoms. The molecule has 0 aliphatic carbocycles. The van der Waals surface area contributed by atoms with E-state index in [-0.39, 0.29) is 0 Å². The molecule has 3 fully saturated rings. The van der Waals surface area contributed by atoms with Gasteiger partial charge < -0.3 is 8.83 Å². The molecule has 4 atom stereocenters. The molecule has 35 heavy (non-hydrogen) atoms. The minimum Gasteiger partial charge on any atom is -0.468 e. The van der Waals surface area contributed by atoms with Crippen LogP contribution in [0, 0.1) is 12.8 Å². The van der Waals surface area contributed by atoms with Crippen LogP contribution in [0.4, 0.5) is 0 Å². The maximum absolute atomic E-state index is 5.67. The minimum atomic E-state index is 0.466. The van der Waals surface area contributed by atoms with Crippen molar-refractivity contribution < 1.29 is 8.83 Å². The van der Waals surface area contributed by atoms with E-state index in [0.29, 0.717) is 17.9 Å². The normalized spacial score (nSPS) is 23.7. The van der Waals surface area contributed by atoms with Gasteiger partial charge in [0.15, 0.2) is 0 Å². The van der Waals surface area contributed by atoms with Gasteiger partial charge in [-0.05, 0) is 62.6 Å². The molecule has 3 aromatic heterocycles. The average molecular weight is 469 g/mol.